The van der Waals surface area contributed by atoms with Crippen LogP contribution < -0.4 is 0 Å². The number of carbonyl (C=O) groups is 2. The molecule has 0 aliphatic heterocycles. The second-order valence-electron chi connectivity index (χ2n) is 9.15. The molecule has 0 aliphatic rings. The van der Waals surface area contributed by atoms with E-state index in [9.17, 15) is 14.7 Å². The van der Waals surface area contributed by atoms with E-state index in [1.807, 2.05) is 0 Å². The molecule has 0 saturated heterocycles. The molecule has 34 heavy (non-hydrogen) atoms. The van der Waals surface area contributed by atoms with Gasteiger partial charge >= 0.3 is 11.9 Å². The largest absolute Gasteiger partial charge is 0.481 e. The van der Waals surface area contributed by atoms with Crippen LogP contribution in [0.4, 0.5) is 0 Å². The fourth-order valence-corrected chi connectivity index (χ4v) is 4.10. The van der Waals surface area contributed by atoms with Crippen LogP contribution in [-0.4, -0.2) is 60.2 Å². The summed E-state index contributed by atoms with van der Waals surface area (Å²) >= 11 is 0. The topological polar surface area (TPSA) is 112 Å². The Morgan fingerprint density at radius 3 is 1.56 bits per heavy atom. The molecule has 0 aromatic carbocycles. The van der Waals surface area contributed by atoms with E-state index in [0.717, 1.165) is 44.9 Å². The number of carboxylic acid groups (broad SMARTS) is 2. The van der Waals surface area contributed by atoms with Gasteiger partial charge in [0.15, 0.2) is 12.6 Å². The molecule has 8 heteroatoms. The maximum absolute atomic E-state index is 12.7. The molecular weight excluding hydrogens is 440 g/mol. The maximum atomic E-state index is 12.7. The van der Waals surface area contributed by atoms with E-state index in [-0.39, 0.29) is 6.42 Å². The number of rotatable bonds is 23. The molecule has 0 amide bonds. The lowest BCUT2D eigenvalue weighted by Gasteiger charge is -2.41. The first kappa shape index (κ1) is 32.8. The van der Waals surface area contributed by atoms with Crippen LogP contribution in [0, 0.1) is 5.41 Å². The van der Waals surface area contributed by atoms with Gasteiger partial charge in [-0.15, -0.1) is 0 Å². The van der Waals surface area contributed by atoms with Crippen molar-refractivity contribution in [3.63, 3.8) is 0 Å². The minimum atomic E-state index is -1.27. The minimum absolute atomic E-state index is 0.167. The van der Waals surface area contributed by atoms with E-state index < -0.39 is 42.1 Å². The number of ether oxygens (including phenoxy) is 4. The number of hydrogen-bond acceptors (Lipinski definition) is 6. The van der Waals surface area contributed by atoms with Crippen LogP contribution in [0.25, 0.3) is 0 Å². The van der Waals surface area contributed by atoms with Gasteiger partial charge < -0.3 is 29.2 Å². The average molecular weight is 491 g/mol. The van der Waals surface area contributed by atoms with Crippen LogP contribution in [0.5, 0.6) is 0 Å². The second-order valence-corrected chi connectivity index (χ2v) is 9.15. The Balaban J connectivity index is 5.28. The quantitative estimate of drug-likeness (QED) is 0.132. The summed E-state index contributed by atoms with van der Waals surface area (Å²) in [5, 5.41) is 19.2. The van der Waals surface area contributed by atoms with Crippen molar-refractivity contribution in [3.8, 4) is 0 Å². The fraction of sp³-hybridized carbons (Fsp3) is 0.923. The molecule has 0 rings (SSSR count). The van der Waals surface area contributed by atoms with E-state index in [1.54, 1.807) is 27.7 Å². The number of carboxylic acids is 2. The average Bonchev–Trinajstić information content (AvgIpc) is 2.75. The summed E-state index contributed by atoms with van der Waals surface area (Å²) in [5.74, 6) is -1.74. The number of hydrogen-bond donors (Lipinski definition) is 2. The monoisotopic (exact) mass is 490 g/mol. The van der Waals surface area contributed by atoms with Gasteiger partial charge in [0.25, 0.3) is 0 Å². The van der Waals surface area contributed by atoms with Crippen molar-refractivity contribution < 1.29 is 38.7 Å². The van der Waals surface area contributed by atoms with E-state index in [0.29, 0.717) is 32.5 Å². The molecule has 202 valence electrons. The Labute approximate surface area is 206 Å². The van der Waals surface area contributed by atoms with Crippen LogP contribution in [0.15, 0.2) is 0 Å². The third kappa shape index (κ3) is 13.0. The molecule has 0 aromatic heterocycles. The van der Waals surface area contributed by atoms with E-state index in [1.165, 1.54) is 0 Å². The summed E-state index contributed by atoms with van der Waals surface area (Å²) in [7, 11) is 0. The second kappa shape index (κ2) is 19.0. The van der Waals surface area contributed by atoms with E-state index >= 15 is 0 Å². The van der Waals surface area contributed by atoms with Crippen molar-refractivity contribution in [2.45, 2.75) is 137 Å². The summed E-state index contributed by atoms with van der Waals surface area (Å²) in [6.45, 7) is 12.4. The molecule has 0 aliphatic carbocycles. The first-order chi connectivity index (χ1) is 16.1. The van der Waals surface area contributed by atoms with Gasteiger partial charge in [-0.1, -0.05) is 52.4 Å². The molecule has 0 saturated carbocycles. The molecule has 0 spiro atoms. The molecule has 8 nitrogen and oxygen atoms in total. The van der Waals surface area contributed by atoms with Crippen molar-refractivity contribution in [2.24, 2.45) is 5.41 Å². The highest BCUT2D eigenvalue weighted by Crippen LogP contribution is 2.38. The lowest BCUT2D eigenvalue weighted by atomic mass is 9.73. The maximum Gasteiger partial charge on any atom is 0.314 e. The smallest absolute Gasteiger partial charge is 0.314 e. The van der Waals surface area contributed by atoms with Crippen molar-refractivity contribution >= 4 is 11.9 Å². The summed E-state index contributed by atoms with van der Waals surface area (Å²) < 4.78 is 23.5. The predicted octanol–water partition coefficient (Wildman–Crippen LogP) is 6.01. The first-order valence-corrected chi connectivity index (χ1v) is 13.1. The van der Waals surface area contributed by atoms with Gasteiger partial charge in [0.05, 0.1) is 12.2 Å². The Kier molecular flexibility index (Phi) is 18.3. The Morgan fingerprint density at radius 2 is 1.15 bits per heavy atom. The van der Waals surface area contributed by atoms with Gasteiger partial charge in [0, 0.05) is 19.6 Å². The molecule has 2 N–H and O–H groups in total. The molecular formula is C26H50O8. The van der Waals surface area contributed by atoms with Gasteiger partial charge in [-0.2, -0.15) is 0 Å². The van der Waals surface area contributed by atoms with Crippen molar-refractivity contribution in [1.82, 2.24) is 0 Å². The Bertz CT molecular complexity index is 515. The van der Waals surface area contributed by atoms with Gasteiger partial charge in [0.2, 0.25) is 0 Å². The zero-order chi connectivity index (χ0) is 26.0. The SMILES string of the molecule is CCCCOC(C)OC(C)C(CCCCCCCC(=O)O)(C(=O)O)C(C)OC(C)OCCCC. The van der Waals surface area contributed by atoms with Crippen LogP contribution >= 0.6 is 0 Å². The molecule has 4 unspecified atom stereocenters. The molecule has 0 heterocycles. The predicted molar refractivity (Wildman–Crippen MR) is 132 cm³/mol. The summed E-state index contributed by atoms with van der Waals surface area (Å²) in [6, 6.07) is 0. The van der Waals surface area contributed by atoms with Crippen molar-refractivity contribution in [1.29, 1.82) is 0 Å². The van der Waals surface area contributed by atoms with Gasteiger partial charge in [-0.25, -0.2) is 0 Å². The van der Waals surface area contributed by atoms with Crippen LogP contribution in [0.3, 0.4) is 0 Å². The van der Waals surface area contributed by atoms with E-state index in [4.69, 9.17) is 24.1 Å². The molecule has 0 fully saturated rings. The Hall–Kier alpha value is -1.22. The fourth-order valence-electron chi connectivity index (χ4n) is 4.10. The number of aliphatic carboxylic acids is 2. The standard InChI is InChI=1S/C26H50O8/c1-7-9-18-31-22(5)33-20(3)26(25(29)30,17-15-13-11-12-14-16-24(27)28)21(4)34-23(6)32-19-10-8-2/h20-23H,7-19H2,1-6H3,(H,27,28)(H,29,30). The molecule has 4 atom stereocenters. The molecule has 0 radical (unpaired) electrons. The lowest BCUT2D eigenvalue weighted by Crippen LogP contribution is -2.53. The number of unbranched alkanes of at least 4 members (excludes halogenated alkanes) is 6. The highest BCUT2D eigenvalue weighted by Gasteiger charge is 2.50. The van der Waals surface area contributed by atoms with Crippen molar-refractivity contribution in [2.75, 3.05) is 13.2 Å². The first-order valence-electron chi connectivity index (χ1n) is 13.1. The molecule has 0 aromatic rings. The lowest BCUT2D eigenvalue weighted by molar-refractivity contribution is -0.237. The van der Waals surface area contributed by atoms with Gasteiger partial charge in [-0.05, 0) is 53.4 Å². The summed E-state index contributed by atoms with van der Waals surface area (Å²) in [6.07, 6.45) is 5.86. The van der Waals surface area contributed by atoms with E-state index in [2.05, 4.69) is 13.8 Å². The normalized spacial score (nSPS) is 17.0. The minimum Gasteiger partial charge on any atom is -0.481 e. The zero-order valence-electron chi connectivity index (χ0n) is 22.3. The zero-order valence-corrected chi connectivity index (χ0v) is 22.3. The van der Waals surface area contributed by atoms with Crippen LogP contribution in [0.2, 0.25) is 0 Å². The third-order valence-electron chi connectivity index (χ3n) is 6.32. The molecule has 0 bridgehead atoms. The highest BCUT2D eigenvalue weighted by molar-refractivity contribution is 5.76. The highest BCUT2D eigenvalue weighted by atomic mass is 16.7. The van der Waals surface area contributed by atoms with Crippen molar-refractivity contribution in [3.05, 3.63) is 0 Å². The van der Waals surface area contributed by atoms with Gasteiger partial charge in [-0.3, -0.25) is 9.59 Å². The van der Waals surface area contributed by atoms with Crippen LogP contribution in [-0.2, 0) is 28.5 Å². The Morgan fingerprint density at radius 1 is 0.706 bits per heavy atom. The summed E-state index contributed by atoms with van der Waals surface area (Å²) in [5.41, 5.74) is -1.27. The van der Waals surface area contributed by atoms with Crippen LogP contribution in [0.1, 0.15) is 112 Å². The third-order valence-corrected chi connectivity index (χ3v) is 6.32. The summed E-state index contributed by atoms with van der Waals surface area (Å²) in [4.78, 5) is 23.4. The van der Waals surface area contributed by atoms with Gasteiger partial charge in [0.1, 0.15) is 5.41 Å².